The third-order valence-corrected chi connectivity index (χ3v) is 4.13. The molecule has 1 unspecified atom stereocenters. The topological polar surface area (TPSA) is 48.1 Å². The summed E-state index contributed by atoms with van der Waals surface area (Å²) in [5, 5.41) is 1.06. The standard InChI is InChI=1S/C14H17BrN2OS/c1-9(16)6-11-4-3-5-13(15)14(11)18-8-12-7-17-10(2)19-12/h3-5,7,9H,6,8,16H2,1-2H3. The second-order valence-electron chi connectivity index (χ2n) is 4.54. The van der Waals surface area contributed by atoms with Gasteiger partial charge in [0.25, 0.3) is 0 Å². The molecule has 0 bridgehead atoms. The Hall–Kier alpha value is -0.910. The Morgan fingerprint density at radius 1 is 1.47 bits per heavy atom. The molecule has 1 atom stereocenters. The first kappa shape index (κ1) is 14.5. The van der Waals surface area contributed by atoms with Crippen LogP contribution in [0.5, 0.6) is 5.75 Å². The molecular weight excluding hydrogens is 324 g/mol. The van der Waals surface area contributed by atoms with Crippen LogP contribution in [0, 0.1) is 6.92 Å². The molecule has 2 rings (SSSR count). The van der Waals surface area contributed by atoms with Crippen LogP contribution in [-0.4, -0.2) is 11.0 Å². The summed E-state index contributed by atoms with van der Waals surface area (Å²) in [6, 6.07) is 6.16. The highest BCUT2D eigenvalue weighted by molar-refractivity contribution is 9.10. The van der Waals surface area contributed by atoms with Crippen LogP contribution in [-0.2, 0) is 13.0 Å². The largest absolute Gasteiger partial charge is 0.487 e. The van der Waals surface area contributed by atoms with Crippen molar-refractivity contribution in [3.63, 3.8) is 0 Å². The first-order chi connectivity index (χ1) is 9.06. The van der Waals surface area contributed by atoms with Crippen LogP contribution in [0.1, 0.15) is 22.4 Å². The molecule has 0 spiro atoms. The van der Waals surface area contributed by atoms with Crippen molar-refractivity contribution in [2.75, 3.05) is 0 Å². The molecule has 1 heterocycles. The Morgan fingerprint density at radius 3 is 2.89 bits per heavy atom. The number of benzene rings is 1. The zero-order valence-corrected chi connectivity index (χ0v) is 13.4. The van der Waals surface area contributed by atoms with Crippen molar-refractivity contribution in [3.8, 4) is 5.75 Å². The fraction of sp³-hybridized carbons (Fsp3) is 0.357. The number of nitrogens with two attached hydrogens (primary N) is 1. The van der Waals surface area contributed by atoms with E-state index in [-0.39, 0.29) is 6.04 Å². The maximum atomic E-state index is 5.94. The van der Waals surface area contributed by atoms with Gasteiger partial charge >= 0.3 is 0 Å². The number of hydrogen-bond donors (Lipinski definition) is 1. The van der Waals surface area contributed by atoms with Crippen molar-refractivity contribution >= 4 is 27.3 Å². The molecule has 0 aliphatic rings. The van der Waals surface area contributed by atoms with Crippen molar-refractivity contribution in [2.24, 2.45) is 5.73 Å². The van der Waals surface area contributed by atoms with Crippen LogP contribution < -0.4 is 10.5 Å². The van der Waals surface area contributed by atoms with Gasteiger partial charge in [0.15, 0.2) is 0 Å². The molecule has 5 heteroatoms. The van der Waals surface area contributed by atoms with Crippen molar-refractivity contribution in [1.82, 2.24) is 4.98 Å². The van der Waals surface area contributed by atoms with Crippen LogP contribution in [0.25, 0.3) is 0 Å². The van der Waals surface area contributed by atoms with E-state index >= 15 is 0 Å². The smallest absolute Gasteiger partial charge is 0.137 e. The minimum absolute atomic E-state index is 0.113. The SMILES string of the molecule is Cc1ncc(COc2c(Br)cccc2CC(C)N)s1. The normalized spacial score (nSPS) is 12.4. The number of ether oxygens (including phenoxy) is 1. The van der Waals surface area contributed by atoms with Gasteiger partial charge in [0.1, 0.15) is 12.4 Å². The highest BCUT2D eigenvalue weighted by Crippen LogP contribution is 2.31. The van der Waals surface area contributed by atoms with Crippen molar-refractivity contribution in [2.45, 2.75) is 32.9 Å². The molecule has 0 aliphatic carbocycles. The summed E-state index contributed by atoms with van der Waals surface area (Å²) in [7, 11) is 0. The van der Waals surface area contributed by atoms with E-state index in [1.54, 1.807) is 11.3 Å². The average Bonchev–Trinajstić information content (AvgIpc) is 2.73. The lowest BCUT2D eigenvalue weighted by molar-refractivity contribution is 0.303. The third kappa shape index (κ3) is 4.03. The Balaban J connectivity index is 2.14. The molecule has 2 aromatic rings. The predicted molar refractivity (Wildman–Crippen MR) is 82.7 cm³/mol. The van der Waals surface area contributed by atoms with E-state index in [1.165, 1.54) is 0 Å². The number of halogens is 1. The molecule has 0 radical (unpaired) electrons. The maximum absolute atomic E-state index is 5.94. The zero-order chi connectivity index (χ0) is 13.8. The number of aryl methyl sites for hydroxylation is 1. The van der Waals surface area contributed by atoms with Crippen LogP contribution in [0.4, 0.5) is 0 Å². The minimum Gasteiger partial charge on any atom is -0.487 e. The summed E-state index contributed by atoms with van der Waals surface area (Å²) >= 11 is 5.19. The number of rotatable bonds is 5. The second kappa shape index (κ2) is 6.50. The summed E-state index contributed by atoms with van der Waals surface area (Å²) in [6.07, 6.45) is 2.67. The maximum Gasteiger partial charge on any atom is 0.137 e. The van der Waals surface area contributed by atoms with E-state index in [0.717, 1.165) is 32.1 Å². The molecule has 1 aromatic heterocycles. The molecule has 2 N–H and O–H groups in total. The summed E-state index contributed by atoms with van der Waals surface area (Å²) in [5.74, 6) is 0.880. The zero-order valence-electron chi connectivity index (χ0n) is 11.0. The van der Waals surface area contributed by atoms with Crippen molar-refractivity contribution in [1.29, 1.82) is 0 Å². The fourth-order valence-corrected chi connectivity index (χ4v) is 3.07. The third-order valence-electron chi connectivity index (χ3n) is 2.62. The minimum atomic E-state index is 0.113. The quantitative estimate of drug-likeness (QED) is 0.902. The fourth-order valence-electron chi connectivity index (χ4n) is 1.84. The summed E-state index contributed by atoms with van der Waals surface area (Å²) in [6.45, 7) is 4.53. The lowest BCUT2D eigenvalue weighted by Crippen LogP contribution is -2.18. The van der Waals surface area contributed by atoms with Gasteiger partial charge in [-0.1, -0.05) is 12.1 Å². The van der Waals surface area contributed by atoms with Gasteiger partial charge in [-0.2, -0.15) is 0 Å². The van der Waals surface area contributed by atoms with Crippen molar-refractivity contribution in [3.05, 3.63) is 44.3 Å². The Kier molecular flexibility index (Phi) is 4.96. The number of hydrogen-bond acceptors (Lipinski definition) is 4. The Bertz CT molecular complexity index is 554. The van der Waals surface area contributed by atoms with Crippen LogP contribution in [0.3, 0.4) is 0 Å². The van der Waals surface area contributed by atoms with E-state index in [2.05, 4.69) is 27.0 Å². The lowest BCUT2D eigenvalue weighted by Gasteiger charge is -2.14. The van der Waals surface area contributed by atoms with Crippen LogP contribution in [0.15, 0.2) is 28.9 Å². The molecule has 0 fully saturated rings. The average molecular weight is 341 g/mol. The molecule has 0 aliphatic heterocycles. The van der Waals surface area contributed by atoms with Gasteiger partial charge in [-0.15, -0.1) is 11.3 Å². The van der Waals surface area contributed by atoms with Crippen LogP contribution in [0.2, 0.25) is 0 Å². The summed E-state index contributed by atoms with van der Waals surface area (Å²) < 4.78 is 6.90. The highest BCUT2D eigenvalue weighted by atomic mass is 79.9. The van der Waals surface area contributed by atoms with E-state index in [9.17, 15) is 0 Å². The number of para-hydroxylation sites is 1. The first-order valence-electron chi connectivity index (χ1n) is 6.13. The Morgan fingerprint density at radius 2 is 2.26 bits per heavy atom. The summed E-state index contributed by atoms with van der Waals surface area (Å²) in [4.78, 5) is 5.35. The summed E-state index contributed by atoms with van der Waals surface area (Å²) in [5.41, 5.74) is 7.01. The van der Waals surface area contributed by atoms with E-state index in [1.807, 2.05) is 32.2 Å². The van der Waals surface area contributed by atoms with E-state index in [0.29, 0.717) is 6.61 Å². The molecule has 19 heavy (non-hydrogen) atoms. The number of nitrogens with zero attached hydrogens (tertiary/aromatic N) is 1. The van der Waals surface area contributed by atoms with Gasteiger partial charge in [-0.3, -0.25) is 0 Å². The second-order valence-corrected chi connectivity index (χ2v) is 6.72. The molecule has 0 amide bonds. The van der Waals surface area contributed by atoms with E-state index in [4.69, 9.17) is 10.5 Å². The van der Waals surface area contributed by atoms with Gasteiger partial charge in [0, 0.05) is 12.2 Å². The highest BCUT2D eigenvalue weighted by Gasteiger charge is 2.10. The lowest BCUT2D eigenvalue weighted by atomic mass is 10.1. The number of thiazole rings is 1. The molecule has 1 aromatic carbocycles. The first-order valence-corrected chi connectivity index (χ1v) is 7.74. The number of aromatic nitrogens is 1. The van der Waals surface area contributed by atoms with Gasteiger partial charge in [0.05, 0.1) is 14.4 Å². The van der Waals surface area contributed by atoms with Crippen LogP contribution >= 0.6 is 27.3 Å². The molecule has 102 valence electrons. The molecule has 0 saturated heterocycles. The van der Waals surface area contributed by atoms with Crippen molar-refractivity contribution < 1.29 is 4.74 Å². The van der Waals surface area contributed by atoms with Gasteiger partial charge in [0.2, 0.25) is 0 Å². The Labute approximate surface area is 125 Å². The van der Waals surface area contributed by atoms with Gasteiger partial charge in [-0.05, 0) is 47.8 Å². The predicted octanol–water partition coefficient (Wildman–Crippen LogP) is 3.68. The molecule has 0 saturated carbocycles. The molecular formula is C14H17BrN2OS. The monoisotopic (exact) mass is 340 g/mol. The molecule has 3 nitrogen and oxygen atoms in total. The van der Waals surface area contributed by atoms with Gasteiger partial charge < -0.3 is 10.5 Å². The van der Waals surface area contributed by atoms with E-state index < -0.39 is 0 Å². The van der Waals surface area contributed by atoms with Gasteiger partial charge in [-0.25, -0.2) is 4.98 Å².